The van der Waals surface area contributed by atoms with Gasteiger partial charge in [0.25, 0.3) is 5.89 Å². The Morgan fingerprint density at radius 2 is 2.35 bits per heavy atom. The summed E-state index contributed by atoms with van der Waals surface area (Å²) in [4.78, 5) is 22.7. The maximum Gasteiger partial charge on any atom is 0.322 e. The van der Waals surface area contributed by atoms with Gasteiger partial charge in [-0.3, -0.25) is 24.9 Å². The quantitative estimate of drug-likeness (QED) is 0.556. The van der Waals surface area contributed by atoms with Gasteiger partial charge in [0, 0.05) is 0 Å². The first-order valence-electron chi connectivity index (χ1n) is 6.37. The monoisotopic (exact) mass is 334 g/mol. The van der Waals surface area contributed by atoms with Crippen molar-refractivity contribution >= 4 is 28.9 Å². The molecule has 11 heteroatoms. The predicted molar refractivity (Wildman–Crippen MR) is 79.9 cm³/mol. The molecule has 0 saturated carbocycles. The normalized spacial score (nSPS) is 10.7. The number of carbonyl (C=O) groups excluding carboxylic acids is 1. The summed E-state index contributed by atoms with van der Waals surface area (Å²) in [5, 5.41) is 26.2. The van der Waals surface area contributed by atoms with E-state index in [2.05, 4.69) is 20.6 Å². The van der Waals surface area contributed by atoms with Gasteiger partial charge >= 0.3 is 11.7 Å². The first-order valence-corrected chi connectivity index (χ1v) is 7.25. The van der Waals surface area contributed by atoms with Crippen molar-refractivity contribution in [3.63, 3.8) is 0 Å². The Balaban J connectivity index is 1.65. The van der Waals surface area contributed by atoms with Gasteiger partial charge in [0.2, 0.25) is 5.91 Å². The number of rotatable bonds is 5. The lowest BCUT2D eigenvalue weighted by molar-refractivity contribution is -0.385. The van der Waals surface area contributed by atoms with Gasteiger partial charge in [0.05, 0.1) is 9.80 Å². The molecule has 3 rings (SSSR count). The molecule has 3 aromatic heterocycles. The van der Waals surface area contributed by atoms with Crippen molar-refractivity contribution < 1.29 is 14.1 Å². The third-order valence-electron chi connectivity index (χ3n) is 2.86. The number of anilines is 1. The average Bonchev–Trinajstić information content (AvgIpc) is 3.19. The zero-order valence-electron chi connectivity index (χ0n) is 11.8. The van der Waals surface area contributed by atoms with Crippen molar-refractivity contribution in [2.24, 2.45) is 0 Å². The Bertz CT molecular complexity index is 866. The minimum Gasteiger partial charge on any atom is -0.402 e. The van der Waals surface area contributed by atoms with Crippen LogP contribution in [0.3, 0.4) is 0 Å². The smallest absolute Gasteiger partial charge is 0.322 e. The number of carbonyl (C=O) groups is 1. The van der Waals surface area contributed by atoms with Crippen LogP contribution in [0.25, 0.3) is 10.8 Å². The van der Waals surface area contributed by atoms with Gasteiger partial charge < -0.3 is 4.42 Å². The topological polar surface area (TPSA) is 129 Å². The maximum absolute atomic E-state index is 11.9. The number of nitrogens with one attached hydrogen (secondary N) is 1. The molecule has 10 nitrogen and oxygen atoms in total. The third kappa shape index (κ3) is 3.23. The standard InChI is InChI=1S/C12H10N6O4S/c1-7-2-3-23-10(7)11-15-16-12(22-11)14-9(19)6-17-5-8(4-13-17)18(20)21/h2-5H,6H2,1H3,(H,14,16,19). The second-order valence-electron chi connectivity index (χ2n) is 4.55. The Morgan fingerprint density at radius 1 is 1.52 bits per heavy atom. The molecular formula is C12H10N6O4S. The minimum absolute atomic E-state index is 0.0422. The molecule has 0 radical (unpaired) electrons. The van der Waals surface area contributed by atoms with E-state index in [1.54, 1.807) is 0 Å². The number of nitro groups is 1. The van der Waals surface area contributed by atoms with Gasteiger partial charge in [-0.05, 0) is 23.9 Å². The highest BCUT2D eigenvalue weighted by molar-refractivity contribution is 7.13. The van der Waals surface area contributed by atoms with Gasteiger partial charge in [-0.15, -0.1) is 16.4 Å². The van der Waals surface area contributed by atoms with Crippen LogP contribution in [0, 0.1) is 17.0 Å². The number of amides is 1. The fourth-order valence-corrected chi connectivity index (χ4v) is 2.64. The number of thiophene rings is 1. The summed E-state index contributed by atoms with van der Waals surface area (Å²) in [6.45, 7) is 1.71. The number of aromatic nitrogens is 4. The van der Waals surface area contributed by atoms with Gasteiger partial charge in [-0.2, -0.15) is 5.10 Å². The number of aryl methyl sites for hydroxylation is 1. The van der Waals surface area contributed by atoms with E-state index >= 15 is 0 Å². The van der Waals surface area contributed by atoms with E-state index in [0.29, 0.717) is 5.89 Å². The summed E-state index contributed by atoms with van der Waals surface area (Å²) in [5.74, 6) is -0.163. The molecule has 3 aromatic rings. The lowest BCUT2D eigenvalue weighted by Gasteiger charge is -1.99. The van der Waals surface area contributed by atoms with Gasteiger partial charge in [0.1, 0.15) is 18.9 Å². The summed E-state index contributed by atoms with van der Waals surface area (Å²) >= 11 is 1.46. The van der Waals surface area contributed by atoms with Crippen LogP contribution in [0.1, 0.15) is 5.56 Å². The molecule has 3 heterocycles. The molecule has 0 fully saturated rings. The van der Waals surface area contributed by atoms with E-state index in [1.165, 1.54) is 11.3 Å². The van der Waals surface area contributed by atoms with Gasteiger partial charge in [-0.1, -0.05) is 5.10 Å². The van der Waals surface area contributed by atoms with Crippen LogP contribution in [0.15, 0.2) is 28.3 Å². The van der Waals surface area contributed by atoms with E-state index in [0.717, 1.165) is 27.5 Å². The second-order valence-corrected chi connectivity index (χ2v) is 5.46. The largest absolute Gasteiger partial charge is 0.402 e. The molecule has 0 aliphatic carbocycles. The Labute approximate surface area is 132 Å². The number of hydrogen-bond donors (Lipinski definition) is 1. The van der Waals surface area contributed by atoms with E-state index in [1.807, 2.05) is 18.4 Å². The molecule has 0 aromatic carbocycles. The van der Waals surface area contributed by atoms with Crippen LogP contribution < -0.4 is 5.32 Å². The van der Waals surface area contributed by atoms with Crippen molar-refractivity contribution in [3.8, 4) is 10.8 Å². The molecule has 23 heavy (non-hydrogen) atoms. The molecular weight excluding hydrogens is 324 g/mol. The molecule has 1 N–H and O–H groups in total. The van der Waals surface area contributed by atoms with Crippen molar-refractivity contribution in [2.45, 2.75) is 13.5 Å². The average molecular weight is 334 g/mol. The molecule has 0 spiro atoms. The molecule has 0 bridgehead atoms. The predicted octanol–water partition coefficient (Wildman–Crippen LogP) is 1.85. The van der Waals surface area contributed by atoms with Crippen molar-refractivity contribution in [3.05, 3.63) is 39.5 Å². The molecule has 1 amide bonds. The zero-order chi connectivity index (χ0) is 16.4. The highest BCUT2D eigenvalue weighted by Crippen LogP contribution is 2.28. The van der Waals surface area contributed by atoms with Crippen LogP contribution in [0.2, 0.25) is 0 Å². The first-order chi connectivity index (χ1) is 11.0. The number of nitrogens with zero attached hydrogens (tertiary/aromatic N) is 5. The highest BCUT2D eigenvalue weighted by atomic mass is 32.1. The minimum atomic E-state index is -0.588. The second kappa shape index (κ2) is 5.96. The fourth-order valence-electron chi connectivity index (χ4n) is 1.80. The lowest BCUT2D eigenvalue weighted by Crippen LogP contribution is -2.19. The van der Waals surface area contributed by atoms with Crippen LogP contribution in [-0.4, -0.2) is 30.8 Å². The lowest BCUT2D eigenvalue weighted by atomic mass is 10.3. The Kier molecular flexibility index (Phi) is 3.85. The first kappa shape index (κ1) is 14.8. The summed E-state index contributed by atoms with van der Waals surface area (Å²) in [6.07, 6.45) is 2.23. The van der Waals surface area contributed by atoms with Crippen LogP contribution in [-0.2, 0) is 11.3 Å². The van der Waals surface area contributed by atoms with Crippen LogP contribution >= 0.6 is 11.3 Å². The molecule has 0 aliphatic rings. The van der Waals surface area contributed by atoms with Crippen molar-refractivity contribution in [1.82, 2.24) is 20.0 Å². The molecule has 0 saturated heterocycles. The zero-order valence-corrected chi connectivity index (χ0v) is 12.6. The molecule has 118 valence electrons. The van der Waals surface area contributed by atoms with Crippen molar-refractivity contribution in [1.29, 1.82) is 0 Å². The van der Waals surface area contributed by atoms with Crippen LogP contribution in [0.4, 0.5) is 11.7 Å². The van der Waals surface area contributed by atoms with Gasteiger partial charge in [-0.25, -0.2) is 0 Å². The summed E-state index contributed by atoms with van der Waals surface area (Å²) in [5.41, 5.74) is 0.812. The molecule has 0 aliphatic heterocycles. The maximum atomic E-state index is 11.9. The van der Waals surface area contributed by atoms with Crippen LogP contribution in [0.5, 0.6) is 0 Å². The highest BCUT2D eigenvalue weighted by Gasteiger charge is 2.15. The fraction of sp³-hybridized carbons (Fsp3) is 0.167. The van der Waals surface area contributed by atoms with Crippen molar-refractivity contribution in [2.75, 3.05) is 5.32 Å². The third-order valence-corrected chi connectivity index (χ3v) is 3.87. The van der Waals surface area contributed by atoms with E-state index in [9.17, 15) is 14.9 Å². The van der Waals surface area contributed by atoms with E-state index in [4.69, 9.17) is 4.42 Å². The SMILES string of the molecule is Cc1ccsc1-c1nnc(NC(=O)Cn2cc([N+](=O)[O-])cn2)o1. The van der Waals surface area contributed by atoms with Gasteiger partial charge in [0.15, 0.2) is 0 Å². The molecule has 0 unspecified atom stereocenters. The molecule has 0 atom stereocenters. The Hall–Kier alpha value is -3.08. The van der Waals surface area contributed by atoms with E-state index in [-0.39, 0.29) is 18.2 Å². The Morgan fingerprint density at radius 3 is 3.00 bits per heavy atom. The summed E-state index contributed by atoms with van der Waals surface area (Å²) in [7, 11) is 0. The number of hydrogen-bond acceptors (Lipinski definition) is 8. The summed E-state index contributed by atoms with van der Waals surface area (Å²) < 4.78 is 6.53. The summed E-state index contributed by atoms with van der Waals surface area (Å²) in [6, 6.07) is 1.88. The van der Waals surface area contributed by atoms with E-state index < -0.39 is 10.8 Å².